The molecule has 0 fully saturated rings. The maximum atomic E-state index is 13.2. The highest BCUT2D eigenvalue weighted by molar-refractivity contribution is 5.91. The molecular formula is C25H37N3O5. The van der Waals surface area contributed by atoms with Crippen molar-refractivity contribution in [2.24, 2.45) is 13.0 Å². The summed E-state index contributed by atoms with van der Waals surface area (Å²) in [6.45, 7) is 11.0. The van der Waals surface area contributed by atoms with Gasteiger partial charge in [-0.3, -0.25) is 4.79 Å². The van der Waals surface area contributed by atoms with E-state index in [0.717, 1.165) is 16.5 Å². The van der Waals surface area contributed by atoms with Crippen molar-refractivity contribution in [3.8, 4) is 0 Å². The molecule has 0 radical (unpaired) electrons. The van der Waals surface area contributed by atoms with Gasteiger partial charge in [-0.1, -0.05) is 38.5 Å². The summed E-state index contributed by atoms with van der Waals surface area (Å²) in [6, 6.07) is 6.13. The first-order valence-electron chi connectivity index (χ1n) is 11.5. The zero-order valence-corrected chi connectivity index (χ0v) is 20.7. The van der Waals surface area contributed by atoms with Crippen LogP contribution in [0, 0.1) is 5.92 Å². The predicted molar refractivity (Wildman–Crippen MR) is 128 cm³/mol. The number of para-hydroxylation sites is 1. The Labute approximate surface area is 196 Å². The predicted octanol–water partition coefficient (Wildman–Crippen LogP) is 3.71. The lowest BCUT2D eigenvalue weighted by atomic mass is 9.97. The number of rotatable bonds is 9. The molecule has 0 unspecified atom stereocenters. The number of hydrogen-bond donors (Lipinski definition) is 2. The van der Waals surface area contributed by atoms with Crippen LogP contribution in [0.3, 0.4) is 0 Å². The van der Waals surface area contributed by atoms with Crippen LogP contribution in [0.5, 0.6) is 0 Å². The Balaban J connectivity index is 2.26. The highest BCUT2D eigenvalue weighted by atomic mass is 16.6. The van der Waals surface area contributed by atoms with Crippen LogP contribution in [0.25, 0.3) is 10.9 Å². The summed E-state index contributed by atoms with van der Waals surface area (Å²) >= 11 is 0. The fourth-order valence-electron chi connectivity index (χ4n) is 3.64. The molecule has 0 bridgehead atoms. The number of carbonyl (C=O) groups excluding carboxylic acids is 3. The fourth-order valence-corrected chi connectivity index (χ4v) is 3.64. The molecule has 1 aromatic carbocycles. The molecule has 2 amide bonds. The number of esters is 1. The first-order valence-corrected chi connectivity index (χ1v) is 11.5. The lowest BCUT2D eigenvalue weighted by Gasteiger charge is -2.27. The molecule has 2 rings (SSSR count). The smallest absolute Gasteiger partial charge is 0.408 e. The second kappa shape index (κ2) is 11.2. The number of ether oxygens (including phenoxy) is 2. The van der Waals surface area contributed by atoms with E-state index in [9.17, 15) is 14.4 Å². The largest absolute Gasteiger partial charge is 0.464 e. The van der Waals surface area contributed by atoms with Crippen molar-refractivity contribution in [1.82, 2.24) is 15.2 Å². The molecule has 0 aliphatic carbocycles. The lowest BCUT2D eigenvalue weighted by molar-refractivity contribution is -0.147. The molecule has 8 heteroatoms. The van der Waals surface area contributed by atoms with Gasteiger partial charge in [0.25, 0.3) is 0 Å². The van der Waals surface area contributed by atoms with Gasteiger partial charge in [0.05, 0.1) is 6.61 Å². The number of fused-ring (bicyclic) bond motifs is 1. The van der Waals surface area contributed by atoms with Crippen LogP contribution < -0.4 is 10.6 Å². The number of benzene rings is 1. The third-order valence-electron chi connectivity index (χ3n) is 5.46. The van der Waals surface area contributed by atoms with E-state index in [1.165, 1.54) is 0 Å². The van der Waals surface area contributed by atoms with Crippen LogP contribution in [-0.4, -0.2) is 46.8 Å². The second-order valence-electron chi connectivity index (χ2n) is 9.31. The molecule has 2 aromatic rings. The van der Waals surface area contributed by atoms with Crippen LogP contribution >= 0.6 is 0 Å². The number of hydrogen-bond acceptors (Lipinski definition) is 5. The van der Waals surface area contributed by atoms with Crippen LogP contribution in [0.4, 0.5) is 4.79 Å². The summed E-state index contributed by atoms with van der Waals surface area (Å²) in [5.41, 5.74) is 1.26. The fraction of sp³-hybridized carbons (Fsp3) is 0.560. The first kappa shape index (κ1) is 26.2. The van der Waals surface area contributed by atoms with Crippen LogP contribution in [0.1, 0.15) is 53.5 Å². The number of carbonyl (C=O) groups is 3. The summed E-state index contributed by atoms with van der Waals surface area (Å²) in [6.07, 6.45) is 2.20. The van der Waals surface area contributed by atoms with Gasteiger partial charge < -0.3 is 24.7 Å². The van der Waals surface area contributed by atoms with Crippen molar-refractivity contribution in [3.63, 3.8) is 0 Å². The van der Waals surface area contributed by atoms with Crippen molar-refractivity contribution in [3.05, 3.63) is 36.0 Å². The Morgan fingerprint density at radius 1 is 1.09 bits per heavy atom. The Morgan fingerprint density at radius 2 is 1.76 bits per heavy atom. The topological polar surface area (TPSA) is 98.7 Å². The summed E-state index contributed by atoms with van der Waals surface area (Å²) in [5.74, 6) is -1.13. The monoisotopic (exact) mass is 459 g/mol. The number of aromatic nitrogens is 1. The van der Waals surface area contributed by atoms with Crippen molar-refractivity contribution in [1.29, 1.82) is 0 Å². The van der Waals surface area contributed by atoms with Gasteiger partial charge in [-0.05, 0) is 45.2 Å². The first-order chi connectivity index (χ1) is 15.5. The van der Waals surface area contributed by atoms with E-state index in [-0.39, 0.29) is 18.9 Å². The van der Waals surface area contributed by atoms with Gasteiger partial charge in [0, 0.05) is 30.6 Å². The molecule has 3 atom stereocenters. The average Bonchev–Trinajstić information content (AvgIpc) is 3.05. The minimum atomic E-state index is -0.893. The maximum absolute atomic E-state index is 13.2. The molecule has 0 aliphatic rings. The highest BCUT2D eigenvalue weighted by Crippen LogP contribution is 2.22. The van der Waals surface area contributed by atoms with Crippen molar-refractivity contribution >= 4 is 28.9 Å². The molecule has 2 N–H and O–H groups in total. The lowest BCUT2D eigenvalue weighted by Crippen LogP contribution is -2.55. The van der Waals surface area contributed by atoms with Crippen LogP contribution in [-0.2, 0) is 32.5 Å². The molecule has 1 aromatic heterocycles. The summed E-state index contributed by atoms with van der Waals surface area (Å²) in [5, 5.41) is 6.49. The van der Waals surface area contributed by atoms with E-state index in [1.54, 1.807) is 27.7 Å². The van der Waals surface area contributed by atoms with Crippen LogP contribution in [0.15, 0.2) is 30.5 Å². The third kappa shape index (κ3) is 7.23. The zero-order valence-electron chi connectivity index (χ0n) is 20.7. The van der Waals surface area contributed by atoms with Crippen molar-refractivity contribution in [2.75, 3.05) is 6.61 Å². The standard InChI is InChI=1S/C25H37N3O5/c1-8-16(3)21(27-24(31)33-25(4,5)6)22(29)26-19(23(30)32-9-2)14-17-15-28(7)20-13-11-10-12-18(17)20/h10-13,15-16,19,21H,8-9,14H2,1-7H3,(H,26,29)(H,27,31)/t16-,19+,21-/m0/s1. The van der Waals surface area contributed by atoms with Gasteiger partial charge in [-0.15, -0.1) is 0 Å². The van der Waals surface area contributed by atoms with Crippen LogP contribution in [0.2, 0.25) is 0 Å². The van der Waals surface area contributed by atoms with Crippen molar-refractivity contribution in [2.45, 2.75) is 72.1 Å². The number of nitrogens with zero attached hydrogens (tertiary/aromatic N) is 1. The maximum Gasteiger partial charge on any atom is 0.408 e. The van der Waals surface area contributed by atoms with E-state index in [0.29, 0.717) is 6.42 Å². The van der Waals surface area contributed by atoms with Gasteiger partial charge in [0.15, 0.2) is 0 Å². The molecule has 33 heavy (non-hydrogen) atoms. The van der Waals surface area contributed by atoms with E-state index in [1.807, 2.05) is 55.9 Å². The second-order valence-corrected chi connectivity index (χ2v) is 9.31. The minimum absolute atomic E-state index is 0.169. The molecule has 0 saturated carbocycles. The molecule has 1 heterocycles. The molecule has 8 nitrogen and oxygen atoms in total. The van der Waals surface area contributed by atoms with Crippen molar-refractivity contribution < 1.29 is 23.9 Å². The average molecular weight is 460 g/mol. The molecular weight excluding hydrogens is 422 g/mol. The quantitative estimate of drug-likeness (QED) is 0.557. The number of amides is 2. The number of alkyl carbamates (subject to hydrolysis) is 1. The van der Waals surface area contributed by atoms with Gasteiger partial charge >= 0.3 is 12.1 Å². The van der Waals surface area contributed by atoms with E-state index in [2.05, 4.69) is 10.6 Å². The SMILES string of the molecule is CCOC(=O)[C@@H](Cc1cn(C)c2ccccc12)NC(=O)[C@@H](NC(=O)OC(C)(C)C)[C@@H](C)CC. The van der Waals surface area contributed by atoms with E-state index >= 15 is 0 Å². The molecule has 0 spiro atoms. The summed E-state index contributed by atoms with van der Waals surface area (Å²) in [7, 11) is 1.94. The zero-order chi connectivity index (χ0) is 24.8. The number of nitrogens with one attached hydrogen (secondary N) is 2. The Bertz CT molecular complexity index is 976. The van der Waals surface area contributed by atoms with Gasteiger partial charge in [0.1, 0.15) is 17.7 Å². The highest BCUT2D eigenvalue weighted by Gasteiger charge is 2.32. The molecule has 182 valence electrons. The number of aryl methyl sites for hydroxylation is 1. The van der Waals surface area contributed by atoms with Gasteiger partial charge in [-0.25, -0.2) is 9.59 Å². The molecule has 0 saturated heterocycles. The minimum Gasteiger partial charge on any atom is -0.464 e. The Hall–Kier alpha value is -3.03. The normalized spacial score (nSPS) is 14.3. The van der Waals surface area contributed by atoms with Gasteiger partial charge in [0.2, 0.25) is 5.91 Å². The third-order valence-corrected chi connectivity index (χ3v) is 5.46. The van der Waals surface area contributed by atoms with E-state index in [4.69, 9.17) is 9.47 Å². The summed E-state index contributed by atoms with van der Waals surface area (Å²) < 4.78 is 12.6. The molecule has 0 aliphatic heterocycles. The van der Waals surface area contributed by atoms with Gasteiger partial charge in [-0.2, -0.15) is 0 Å². The summed E-state index contributed by atoms with van der Waals surface area (Å²) in [4.78, 5) is 38.3. The Kier molecular flexibility index (Phi) is 8.91. The van der Waals surface area contributed by atoms with E-state index < -0.39 is 35.7 Å². The Morgan fingerprint density at radius 3 is 2.36 bits per heavy atom.